The maximum Gasteiger partial charge on any atom is 0.238 e. The number of halogens is 1. The summed E-state index contributed by atoms with van der Waals surface area (Å²) in [6.07, 6.45) is 2.57. The Labute approximate surface area is 127 Å². The number of carbonyl (C=O) groups is 1. The van der Waals surface area contributed by atoms with Gasteiger partial charge in [0.1, 0.15) is 10.8 Å². The fourth-order valence-corrected chi connectivity index (χ4v) is 2.74. The van der Waals surface area contributed by atoms with E-state index in [1.165, 1.54) is 12.1 Å². The Kier molecular flexibility index (Phi) is 5.03. The van der Waals surface area contributed by atoms with E-state index in [1.807, 2.05) is 19.2 Å². The molecule has 1 aromatic carbocycles. The number of anilines is 1. The largest absolute Gasteiger partial charge is 0.325 e. The number of benzene rings is 1. The van der Waals surface area contributed by atoms with Gasteiger partial charge in [0.2, 0.25) is 5.91 Å². The van der Waals surface area contributed by atoms with Crippen molar-refractivity contribution in [3.63, 3.8) is 0 Å². The van der Waals surface area contributed by atoms with Crippen molar-refractivity contribution in [3.05, 3.63) is 46.7 Å². The van der Waals surface area contributed by atoms with E-state index in [4.69, 9.17) is 0 Å². The van der Waals surface area contributed by atoms with Crippen LogP contribution in [0, 0.1) is 5.82 Å². The van der Waals surface area contributed by atoms with Crippen molar-refractivity contribution in [1.29, 1.82) is 0 Å². The maximum atomic E-state index is 13.1. The number of hydrogen-bond donors (Lipinski definition) is 2. The number of nitrogens with one attached hydrogen (secondary N) is 2. The van der Waals surface area contributed by atoms with Crippen molar-refractivity contribution in [2.45, 2.75) is 25.8 Å². The number of rotatable bonds is 6. The molecule has 1 aromatic heterocycles. The van der Waals surface area contributed by atoms with E-state index in [0.717, 1.165) is 11.4 Å². The molecule has 0 bridgehead atoms. The van der Waals surface area contributed by atoms with Crippen LogP contribution in [-0.2, 0) is 10.3 Å². The first kappa shape index (κ1) is 15.6. The second kappa shape index (κ2) is 6.78. The molecule has 0 unspecified atom stereocenters. The van der Waals surface area contributed by atoms with Crippen LogP contribution in [0.4, 0.5) is 10.1 Å². The van der Waals surface area contributed by atoms with Crippen LogP contribution < -0.4 is 10.6 Å². The van der Waals surface area contributed by atoms with Crippen molar-refractivity contribution in [2.24, 2.45) is 0 Å². The van der Waals surface area contributed by atoms with Crippen molar-refractivity contribution in [3.8, 4) is 0 Å². The molecule has 0 aliphatic rings. The number of amides is 1. The molecule has 0 fully saturated rings. The summed E-state index contributed by atoms with van der Waals surface area (Å²) >= 11 is 1.56. The van der Waals surface area contributed by atoms with Crippen LogP contribution in [0.5, 0.6) is 0 Å². The van der Waals surface area contributed by atoms with Crippen LogP contribution in [0.1, 0.15) is 25.3 Å². The molecule has 0 spiro atoms. The van der Waals surface area contributed by atoms with Gasteiger partial charge in [0.25, 0.3) is 0 Å². The van der Waals surface area contributed by atoms with E-state index >= 15 is 0 Å². The molecular weight excluding hydrogens is 289 g/mol. The minimum absolute atomic E-state index is 0.139. The third-order valence-electron chi connectivity index (χ3n) is 3.36. The second-order valence-electron chi connectivity index (χ2n) is 4.93. The Morgan fingerprint density at radius 2 is 2.29 bits per heavy atom. The highest BCUT2D eigenvalue weighted by Gasteiger charge is 2.27. The minimum Gasteiger partial charge on any atom is -0.325 e. The van der Waals surface area contributed by atoms with Crippen molar-refractivity contribution in [2.75, 3.05) is 11.9 Å². The second-order valence-corrected chi connectivity index (χ2v) is 5.83. The standard InChI is InChI=1S/C15H18FN3OS/c1-3-15(2,14-17-7-8-21-14)18-10-13(20)19-12-6-4-5-11(16)9-12/h4-9,18H,3,10H2,1-2H3,(H,19,20)/t15-/m0/s1. The summed E-state index contributed by atoms with van der Waals surface area (Å²) < 4.78 is 13.1. The van der Waals surface area contributed by atoms with Crippen LogP contribution in [0.25, 0.3) is 0 Å². The van der Waals surface area contributed by atoms with Crippen LogP contribution in [0.2, 0.25) is 0 Å². The Morgan fingerprint density at radius 3 is 2.90 bits per heavy atom. The van der Waals surface area contributed by atoms with Crippen molar-refractivity contribution >= 4 is 22.9 Å². The summed E-state index contributed by atoms with van der Waals surface area (Å²) in [5.41, 5.74) is 0.113. The fourth-order valence-electron chi connectivity index (χ4n) is 1.89. The van der Waals surface area contributed by atoms with Gasteiger partial charge in [-0.15, -0.1) is 11.3 Å². The Hall–Kier alpha value is -1.79. The van der Waals surface area contributed by atoms with Gasteiger partial charge in [-0.1, -0.05) is 13.0 Å². The van der Waals surface area contributed by atoms with Crippen LogP contribution in [0.3, 0.4) is 0 Å². The number of nitrogens with zero attached hydrogens (tertiary/aromatic N) is 1. The molecule has 0 saturated heterocycles. The number of carbonyl (C=O) groups excluding carboxylic acids is 1. The number of aromatic nitrogens is 1. The summed E-state index contributed by atoms with van der Waals surface area (Å²) in [5, 5.41) is 8.75. The summed E-state index contributed by atoms with van der Waals surface area (Å²) in [6.45, 7) is 4.20. The zero-order valence-electron chi connectivity index (χ0n) is 12.0. The monoisotopic (exact) mass is 307 g/mol. The van der Waals surface area contributed by atoms with Crippen molar-refractivity contribution in [1.82, 2.24) is 10.3 Å². The minimum atomic E-state index is -0.373. The van der Waals surface area contributed by atoms with Crippen LogP contribution in [0.15, 0.2) is 35.8 Å². The van der Waals surface area contributed by atoms with Crippen molar-refractivity contribution < 1.29 is 9.18 Å². The lowest BCUT2D eigenvalue weighted by atomic mass is 10.00. The molecule has 1 heterocycles. The molecule has 2 aromatic rings. The lowest BCUT2D eigenvalue weighted by molar-refractivity contribution is -0.115. The number of hydrogen-bond acceptors (Lipinski definition) is 4. The van der Waals surface area contributed by atoms with Gasteiger partial charge >= 0.3 is 0 Å². The van der Waals surface area contributed by atoms with Crippen LogP contribution >= 0.6 is 11.3 Å². The van der Waals surface area contributed by atoms with Gasteiger partial charge in [-0.05, 0) is 31.5 Å². The average Bonchev–Trinajstić information content (AvgIpc) is 2.99. The highest BCUT2D eigenvalue weighted by atomic mass is 32.1. The summed E-state index contributed by atoms with van der Waals surface area (Å²) in [4.78, 5) is 16.3. The average molecular weight is 307 g/mol. The third kappa shape index (κ3) is 4.09. The smallest absolute Gasteiger partial charge is 0.238 e. The molecule has 1 atom stereocenters. The molecule has 0 radical (unpaired) electrons. The summed E-state index contributed by atoms with van der Waals surface area (Å²) in [7, 11) is 0. The SMILES string of the molecule is CC[C@](C)(NCC(=O)Nc1cccc(F)c1)c1nccs1. The molecule has 1 amide bonds. The van der Waals surface area contributed by atoms with Gasteiger partial charge < -0.3 is 5.32 Å². The molecular formula is C15H18FN3OS. The highest BCUT2D eigenvalue weighted by Crippen LogP contribution is 2.25. The van der Waals surface area contributed by atoms with Gasteiger partial charge in [0.05, 0.1) is 12.1 Å². The zero-order chi connectivity index (χ0) is 15.3. The van der Waals surface area contributed by atoms with Gasteiger partial charge in [-0.2, -0.15) is 0 Å². The molecule has 4 nitrogen and oxygen atoms in total. The Balaban J connectivity index is 1.94. The van der Waals surface area contributed by atoms with Gasteiger partial charge in [-0.25, -0.2) is 9.37 Å². The predicted molar refractivity (Wildman–Crippen MR) is 82.8 cm³/mol. The van der Waals surface area contributed by atoms with E-state index in [0.29, 0.717) is 5.69 Å². The fraction of sp³-hybridized carbons (Fsp3) is 0.333. The molecule has 112 valence electrons. The lowest BCUT2D eigenvalue weighted by Gasteiger charge is -2.27. The predicted octanol–water partition coefficient (Wildman–Crippen LogP) is 3.14. The van der Waals surface area contributed by atoms with Gasteiger partial charge in [0, 0.05) is 17.3 Å². The van der Waals surface area contributed by atoms with Gasteiger partial charge in [-0.3, -0.25) is 10.1 Å². The van der Waals surface area contributed by atoms with E-state index in [-0.39, 0.29) is 23.8 Å². The van der Waals surface area contributed by atoms with E-state index in [9.17, 15) is 9.18 Å². The highest BCUT2D eigenvalue weighted by molar-refractivity contribution is 7.09. The van der Waals surface area contributed by atoms with E-state index in [1.54, 1.807) is 29.7 Å². The maximum absolute atomic E-state index is 13.1. The summed E-state index contributed by atoms with van der Waals surface area (Å²) in [6, 6.07) is 5.84. The molecule has 2 rings (SSSR count). The molecule has 0 aliphatic heterocycles. The molecule has 0 aliphatic carbocycles. The molecule has 0 saturated carbocycles. The quantitative estimate of drug-likeness (QED) is 0.862. The third-order valence-corrected chi connectivity index (χ3v) is 4.40. The first-order chi connectivity index (χ1) is 10.0. The van der Waals surface area contributed by atoms with Crippen LogP contribution in [-0.4, -0.2) is 17.4 Å². The zero-order valence-corrected chi connectivity index (χ0v) is 12.8. The normalized spacial score (nSPS) is 13.7. The Bertz CT molecular complexity index is 603. The van der Waals surface area contributed by atoms with E-state index in [2.05, 4.69) is 15.6 Å². The Morgan fingerprint density at radius 1 is 1.48 bits per heavy atom. The summed E-state index contributed by atoms with van der Waals surface area (Å²) in [5.74, 6) is -0.584. The first-order valence-corrected chi connectivity index (χ1v) is 7.62. The first-order valence-electron chi connectivity index (χ1n) is 6.74. The molecule has 2 N–H and O–H groups in total. The molecule has 6 heteroatoms. The number of thiazole rings is 1. The topological polar surface area (TPSA) is 54.0 Å². The van der Waals surface area contributed by atoms with Gasteiger partial charge in [0.15, 0.2) is 0 Å². The lowest BCUT2D eigenvalue weighted by Crippen LogP contribution is -2.43. The molecule has 21 heavy (non-hydrogen) atoms. The van der Waals surface area contributed by atoms with E-state index < -0.39 is 0 Å².